The van der Waals surface area contributed by atoms with Gasteiger partial charge in [-0.3, -0.25) is 4.79 Å². The molecule has 3 N–H and O–H groups in total. The van der Waals surface area contributed by atoms with Gasteiger partial charge in [0.1, 0.15) is 0 Å². The Morgan fingerprint density at radius 1 is 1.10 bits per heavy atom. The molecular formula is C14H19N3O4. The monoisotopic (exact) mass is 293 g/mol. The number of hydrogen-bond acceptors (Lipinski definition) is 3. The highest BCUT2D eigenvalue weighted by atomic mass is 16.4. The van der Waals surface area contributed by atoms with E-state index in [1.807, 2.05) is 0 Å². The minimum absolute atomic E-state index is 0.0560. The van der Waals surface area contributed by atoms with Crippen LogP contribution in [0, 0.1) is 0 Å². The number of aromatic carboxylic acids is 1. The van der Waals surface area contributed by atoms with E-state index in [0.29, 0.717) is 0 Å². The number of nitrogens with one attached hydrogen (secondary N) is 2. The van der Waals surface area contributed by atoms with E-state index in [9.17, 15) is 14.4 Å². The molecule has 0 saturated heterocycles. The second kappa shape index (κ2) is 7.88. The van der Waals surface area contributed by atoms with Gasteiger partial charge < -0.3 is 20.6 Å². The number of carboxylic acids is 1. The van der Waals surface area contributed by atoms with Gasteiger partial charge in [0.15, 0.2) is 0 Å². The molecule has 114 valence electrons. The van der Waals surface area contributed by atoms with Gasteiger partial charge in [-0.15, -0.1) is 0 Å². The fourth-order valence-electron chi connectivity index (χ4n) is 1.52. The van der Waals surface area contributed by atoms with Gasteiger partial charge in [-0.2, -0.15) is 0 Å². The van der Waals surface area contributed by atoms with Gasteiger partial charge >= 0.3 is 12.0 Å². The van der Waals surface area contributed by atoms with Crippen LogP contribution in [0.5, 0.6) is 0 Å². The third kappa shape index (κ3) is 5.94. The Balaban J connectivity index is 2.29. The molecule has 0 radical (unpaired) electrons. The van der Waals surface area contributed by atoms with Crippen LogP contribution in [0.25, 0.3) is 0 Å². The number of urea groups is 1. The summed E-state index contributed by atoms with van der Waals surface area (Å²) in [6.45, 7) is 0.550. The average Bonchev–Trinajstić information content (AvgIpc) is 2.45. The normalized spacial score (nSPS) is 9.81. The molecule has 1 rings (SSSR count). The zero-order valence-corrected chi connectivity index (χ0v) is 12.0. The summed E-state index contributed by atoms with van der Waals surface area (Å²) >= 11 is 0. The Kier molecular flexibility index (Phi) is 6.19. The first-order valence-electron chi connectivity index (χ1n) is 6.44. The van der Waals surface area contributed by atoms with Gasteiger partial charge in [0.05, 0.1) is 5.56 Å². The second-order valence-corrected chi connectivity index (χ2v) is 4.65. The Morgan fingerprint density at radius 2 is 1.71 bits per heavy atom. The van der Waals surface area contributed by atoms with Crippen molar-refractivity contribution in [2.45, 2.75) is 13.0 Å². The number of carboxylic acid groups (broad SMARTS) is 1. The van der Waals surface area contributed by atoms with Crippen molar-refractivity contribution >= 4 is 17.9 Å². The number of rotatable bonds is 6. The Morgan fingerprint density at radius 3 is 2.24 bits per heavy atom. The third-order valence-corrected chi connectivity index (χ3v) is 2.78. The largest absolute Gasteiger partial charge is 0.478 e. The number of benzene rings is 1. The van der Waals surface area contributed by atoms with Crippen molar-refractivity contribution in [2.24, 2.45) is 0 Å². The molecule has 0 fully saturated rings. The fourth-order valence-corrected chi connectivity index (χ4v) is 1.52. The number of carbonyl (C=O) groups is 3. The molecule has 0 spiro atoms. The van der Waals surface area contributed by atoms with E-state index in [1.165, 1.54) is 17.0 Å². The summed E-state index contributed by atoms with van der Waals surface area (Å²) in [5.74, 6) is -1.04. The van der Waals surface area contributed by atoms with Crippen LogP contribution < -0.4 is 10.6 Å². The van der Waals surface area contributed by atoms with Crippen molar-refractivity contribution in [3.8, 4) is 0 Å². The van der Waals surface area contributed by atoms with Crippen LogP contribution in [0.4, 0.5) is 4.79 Å². The van der Waals surface area contributed by atoms with Gasteiger partial charge in [0, 0.05) is 33.6 Å². The van der Waals surface area contributed by atoms with Gasteiger partial charge in [-0.25, -0.2) is 9.59 Å². The van der Waals surface area contributed by atoms with Crippen LogP contribution in [0.15, 0.2) is 24.3 Å². The molecule has 3 amide bonds. The summed E-state index contributed by atoms with van der Waals surface area (Å²) in [4.78, 5) is 34.9. The molecule has 0 atom stereocenters. The predicted molar refractivity (Wildman–Crippen MR) is 77.0 cm³/mol. The van der Waals surface area contributed by atoms with Crippen LogP contribution in [0.1, 0.15) is 22.3 Å². The van der Waals surface area contributed by atoms with Gasteiger partial charge in [-0.1, -0.05) is 12.1 Å². The molecule has 0 aliphatic rings. The van der Waals surface area contributed by atoms with E-state index in [1.54, 1.807) is 26.2 Å². The molecule has 0 saturated carbocycles. The van der Waals surface area contributed by atoms with E-state index >= 15 is 0 Å². The molecule has 0 heterocycles. The standard InChI is InChI=1S/C14H19N3O4/c1-17(2)12(18)7-8-15-14(21)16-9-10-3-5-11(6-4-10)13(19)20/h3-6H,7-9H2,1-2H3,(H,19,20)(H2,15,16,21). The van der Waals surface area contributed by atoms with E-state index < -0.39 is 5.97 Å². The first-order chi connectivity index (χ1) is 9.90. The molecule has 0 aliphatic carbocycles. The quantitative estimate of drug-likeness (QED) is 0.717. The van der Waals surface area contributed by atoms with Crippen molar-refractivity contribution < 1.29 is 19.5 Å². The van der Waals surface area contributed by atoms with Gasteiger partial charge in [0.25, 0.3) is 0 Å². The first-order valence-corrected chi connectivity index (χ1v) is 6.44. The van der Waals surface area contributed by atoms with Crippen molar-refractivity contribution in [1.82, 2.24) is 15.5 Å². The van der Waals surface area contributed by atoms with Crippen LogP contribution in [0.2, 0.25) is 0 Å². The van der Waals surface area contributed by atoms with E-state index in [0.717, 1.165) is 5.56 Å². The average molecular weight is 293 g/mol. The molecule has 0 aliphatic heterocycles. The maximum atomic E-state index is 11.5. The van der Waals surface area contributed by atoms with E-state index in [2.05, 4.69) is 10.6 Å². The SMILES string of the molecule is CN(C)C(=O)CCNC(=O)NCc1ccc(C(=O)O)cc1. The zero-order chi connectivity index (χ0) is 15.8. The molecule has 1 aromatic rings. The Hall–Kier alpha value is -2.57. The molecule has 0 bridgehead atoms. The van der Waals surface area contributed by atoms with Crippen LogP contribution in [0.3, 0.4) is 0 Å². The van der Waals surface area contributed by atoms with Crippen molar-refractivity contribution in [1.29, 1.82) is 0 Å². The Bertz CT molecular complexity index is 511. The lowest BCUT2D eigenvalue weighted by Crippen LogP contribution is -2.37. The highest BCUT2D eigenvalue weighted by Gasteiger charge is 2.06. The van der Waals surface area contributed by atoms with Crippen molar-refractivity contribution in [3.63, 3.8) is 0 Å². The summed E-state index contributed by atoms with van der Waals surface area (Å²) in [6, 6.07) is 5.86. The van der Waals surface area contributed by atoms with Crippen LogP contribution in [-0.2, 0) is 11.3 Å². The molecular weight excluding hydrogens is 274 g/mol. The van der Waals surface area contributed by atoms with Gasteiger partial charge in [-0.05, 0) is 17.7 Å². The summed E-state index contributed by atoms with van der Waals surface area (Å²) in [5, 5.41) is 14.0. The molecule has 7 nitrogen and oxygen atoms in total. The highest BCUT2D eigenvalue weighted by Crippen LogP contribution is 2.04. The second-order valence-electron chi connectivity index (χ2n) is 4.65. The lowest BCUT2D eigenvalue weighted by Gasteiger charge is -2.11. The van der Waals surface area contributed by atoms with Crippen LogP contribution in [-0.4, -0.2) is 48.6 Å². The smallest absolute Gasteiger partial charge is 0.335 e. The lowest BCUT2D eigenvalue weighted by atomic mass is 10.1. The Labute approximate surface area is 122 Å². The summed E-state index contributed by atoms with van der Waals surface area (Å²) in [6.07, 6.45) is 0.244. The molecule has 0 unspecified atom stereocenters. The molecule has 21 heavy (non-hydrogen) atoms. The topological polar surface area (TPSA) is 98.7 Å². The molecule has 0 aromatic heterocycles. The summed E-state index contributed by atoms with van der Waals surface area (Å²) < 4.78 is 0. The lowest BCUT2D eigenvalue weighted by molar-refractivity contribution is -0.128. The number of nitrogens with zero attached hydrogens (tertiary/aromatic N) is 1. The highest BCUT2D eigenvalue weighted by molar-refractivity contribution is 5.87. The molecule has 7 heteroatoms. The van der Waals surface area contributed by atoms with E-state index in [-0.39, 0.29) is 37.0 Å². The summed E-state index contributed by atoms with van der Waals surface area (Å²) in [7, 11) is 3.31. The number of hydrogen-bond donors (Lipinski definition) is 3. The fraction of sp³-hybridized carbons (Fsp3) is 0.357. The predicted octanol–water partition coefficient (Wildman–Crippen LogP) is 0.662. The van der Waals surface area contributed by atoms with Gasteiger partial charge in [0.2, 0.25) is 5.91 Å². The third-order valence-electron chi connectivity index (χ3n) is 2.78. The number of carbonyl (C=O) groups excluding carboxylic acids is 2. The maximum Gasteiger partial charge on any atom is 0.335 e. The zero-order valence-electron chi connectivity index (χ0n) is 12.0. The number of amides is 3. The van der Waals surface area contributed by atoms with Crippen LogP contribution >= 0.6 is 0 Å². The molecule has 1 aromatic carbocycles. The van der Waals surface area contributed by atoms with E-state index in [4.69, 9.17) is 5.11 Å². The maximum absolute atomic E-state index is 11.5. The minimum Gasteiger partial charge on any atom is -0.478 e. The minimum atomic E-state index is -0.988. The van der Waals surface area contributed by atoms with Crippen molar-refractivity contribution in [3.05, 3.63) is 35.4 Å². The first kappa shape index (κ1) is 16.5. The summed E-state index contributed by atoms with van der Waals surface area (Å²) in [5.41, 5.74) is 0.991. The van der Waals surface area contributed by atoms with Crippen molar-refractivity contribution in [2.75, 3.05) is 20.6 Å².